The molecule has 2 aliphatic rings. The number of carbonyl (C=O) groups excluding carboxylic acids is 1. The maximum Gasteiger partial charge on any atom is 0.278 e. The average Bonchev–Trinajstić information content (AvgIpc) is 3.08. The fraction of sp³-hybridized carbons (Fsp3) is 0.259. The van der Waals surface area contributed by atoms with Gasteiger partial charge in [0.2, 0.25) is 0 Å². The highest BCUT2D eigenvalue weighted by molar-refractivity contribution is 6.54. The van der Waals surface area contributed by atoms with Crippen molar-refractivity contribution in [2.75, 3.05) is 24.7 Å². The standard InChI is InChI=1S/C27H26ClN3O/c28-22-10-12-23(13-11-22)29-26-24-8-4-5-9-25(24)31(27(26)32)19-30-16-14-21(15-17-30)18-20-6-2-1-3-7-20/h1-13,21H,14-19H2. The molecule has 5 rings (SSSR count). The van der Waals surface area contributed by atoms with Gasteiger partial charge >= 0.3 is 0 Å². The number of rotatable bonds is 5. The second-order valence-corrected chi connectivity index (χ2v) is 9.02. The molecule has 162 valence electrons. The lowest BCUT2D eigenvalue weighted by Crippen LogP contribution is -2.44. The second-order valence-electron chi connectivity index (χ2n) is 8.58. The number of piperidine rings is 1. The van der Waals surface area contributed by atoms with Gasteiger partial charge in [-0.15, -0.1) is 0 Å². The lowest BCUT2D eigenvalue weighted by Gasteiger charge is -2.34. The smallest absolute Gasteiger partial charge is 0.278 e. The van der Waals surface area contributed by atoms with Gasteiger partial charge in [-0.05, 0) is 61.1 Å². The Morgan fingerprint density at radius 3 is 2.31 bits per heavy atom. The Labute approximate surface area is 194 Å². The van der Waals surface area contributed by atoms with Crippen molar-refractivity contribution in [3.8, 4) is 0 Å². The zero-order valence-corrected chi connectivity index (χ0v) is 18.7. The molecule has 2 heterocycles. The molecular weight excluding hydrogens is 418 g/mol. The van der Waals surface area contributed by atoms with Crippen molar-refractivity contribution >= 4 is 34.6 Å². The van der Waals surface area contributed by atoms with E-state index in [-0.39, 0.29) is 5.91 Å². The summed E-state index contributed by atoms with van der Waals surface area (Å²) in [6.07, 6.45) is 3.45. The number of halogens is 1. The van der Waals surface area contributed by atoms with Crippen molar-refractivity contribution in [1.29, 1.82) is 0 Å². The Morgan fingerprint density at radius 2 is 1.56 bits per heavy atom. The number of hydrogen-bond acceptors (Lipinski definition) is 3. The van der Waals surface area contributed by atoms with E-state index in [1.807, 2.05) is 41.3 Å². The van der Waals surface area contributed by atoms with Crippen LogP contribution in [0.4, 0.5) is 11.4 Å². The Balaban J connectivity index is 1.28. The summed E-state index contributed by atoms with van der Waals surface area (Å²) in [4.78, 5) is 22.3. The maximum atomic E-state index is 13.4. The van der Waals surface area contributed by atoms with Gasteiger partial charge < -0.3 is 0 Å². The van der Waals surface area contributed by atoms with E-state index in [0.717, 1.165) is 49.3 Å². The molecule has 3 aromatic carbocycles. The minimum atomic E-state index is -0.0347. The summed E-state index contributed by atoms with van der Waals surface area (Å²) in [5, 5.41) is 0.657. The number of aliphatic imine (C=N–C) groups is 1. The van der Waals surface area contributed by atoms with E-state index >= 15 is 0 Å². The van der Waals surface area contributed by atoms with E-state index in [9.17, 15) is 4.79 Å². The van der Waals surface area contributed by atoms with Gasteiger partial charge in [0.25, 0.3) is 5.91 Å². The number of para-hydroxylation sites is 1. The van der Waals surface area contributed by atoms with Crippen LogP contribution in [0.25, 0.3) is 0 Å². The van der Waals surface area contributed by atoms with Crippen LogP contribution in [0.5, 0.6) is 0 Å². The molecule has 0 atom stereocenters. The summed E-state index contributed by atoms with van der Waals surface area (Å²) < 4.78 is 0. The zero-order valence-electron chi connectivity index (χ0n) is 18.0. The fourth-order valence-corrected chi connectivity index (χ4v) is 4.76. The van der Waals surface area contributed by atoms with E-state index in [1.165, 1.54) is 5.56 Å². The molecule has 4 nitrogen and oxygen atoms in total. The molecule has 0 unspecified atom stereocenters. The summed E-state index contributed by atoms with van der Waals surface area (Å²) in [5.41, 5.74) is 4.48. The van der Waals surface area contributed by atoms with E-state index in [2.05, 4.69) is 40.2 Å². The maximum absolute atomic E-state index is 13.4. The monoisotopic (exact) mass is 443 g/mol. The third-order valence-electron chi connectivity index (χ3n) is 6.38. The summed E-state index contributed by atoms with van der Waals surface area (Å²) in [6.45, 7) is 2.62. The number of nitrogens with zero attached hydrogens (tertiary/aromatic N) is 3. The average molecular weight is 444 g/mol. The van der Waals surface area contributed by atoms with Gasteiger partial charge in [0.05, 0.1) is 18.0 Å². The summed E-state index contributed by atoms with van der Waals surface area (Å²) >= 11 is 6.00. The minimum Gasteiger partial charge on any atom is -0.293 e. The van der Waals surface area contributed by atoms with E-state index < -0.39 is 0 Å². The lowest BCUT2D eigenvalue weighted by molar-refractivity contribution is -0.112. The third kappa shape index (κ3) is 4.47. The first-order valence-electron chi connectivity index (χ1n) is 11.2. The molecule has 1 fully saturated rings. The molecule has 1 amide bonds. The Hall–Kier alpha value is -2.95. The molecule has 0 aromatic heterocycles. The van der Waals surface area contributed by atoms with Gasteiger partial charge in [-0.1, -0.05) is 60.1 Å². The normalized spacial score (nSPS) is 18.3. The Kier molecular flexibility index (Phi) is 6.06. The molecule has 3 aromatic rings. The van der Waals surface area contributed by atoms with Crippen LogP contribution in [-0.4, -0.2) is 36.3 Å². The Bertz CT molecular complexity index is 1120. The predicted octanol–water partition coefficient (Wildman–Crippen LogP) is 5.72. The quantitative estimate of drug-likeness (QED) is 0.505. The van der Waals surface area contributed by atoms with Crippen molar-refractivity contribution in [1.82, 2.24) is 4.90 Å². The van der Waals surface area contributed by atoms with Crippen molar-refractivity contribution in [2.24, 2.45) is 10.9 Å². The lowest BCUT2D eigenvalue weighted by atomic mass is 9.90. The van der Waals surface area contributed by atoms with Crippen molar-refractivity contribution in [3.05, 3.63) is 95.0 Å². The third-order valence-corrected chi connectivity index (χ3v) is 6.63. The largest absolute Gasteiger partial charge is 0.293 e. The second kappa shape index (κ2) is 9.27. The number of benzene rings is 3. The molecule has 2 aliphatic heterocycles. The van der Waals surface area contributed by atoms with Crippen LogP contribution in [0.15, 0.2) is 83.9 Å². The number of fused-ring (bicyclic) bond motifs is 1. The molecule has 0 spiro atoms. The van der Waals surface area contributed by atoms with E-state index in [0.29, 0.717) is 23.3 Å². The van der Waals surface area contributed by atoms with E-state index in [1.54, 1.807) is 12.1 Å². The highest BCUT2D eigenvalue weighted by Crippen LogP contribution is 2.32. The van der Waals surface area contributed by atoms with Gasteiger partial charge in [-0.3, -0.25) is 14.6 Å². The molecule has 5 heteroatoms. The molecule has 1 saturated heterocycles. The first kappa shape index (κ1) is 20.9. The van der Waals surface area contributed by atoms with E-state index in [4.69, 9.17) is 11.6 Å². The van der Waals surface area contributed by atoms with Gasteiger partial charge in [0, 0.05) is 23.7 Å². The van der Waals surface area contributed by atoms with Crippen LogP contribution in [-0.2, 0) is 11.2 Å². The molecule has 32 heavy (non-hydrogen) atoms. The number of hydrogen-bond donors (Lipinski definition) is 0. The predicted molar refractivity (Wildman–Crippen MR) is 131 cm³/mol. The minimum absolute atomic E-state index is 0.0347. The van der Waals surface area contributed by atoms with Gasteiger partial charge in [0.15, 0.2) is 0 Å². The molecular formula is C27H26ClN3O. The zero-order chi connectivity index (χ0) is 21.9. The highest BCUT2D eigenvalue weighted by Gasteiger charge is 2.35. The van der Waals surface area contributed by atoms with Gasteiger partial charge in [-0.2, -0.15) is 0 Å². The molecule has 0 N–H and O–H groups in total. The van der Waals surface area contributed by atoms with Crippen LogP contribution in [0, 0.1) is 5.92 Å². The van der Waals surface area contributed by atoms with Crippen LogP contribution in [0.2, 0.25) is 5.02 Å². The molecule has 0 radical (unpaired) electrons. The van der Waals surface area contributed by atoms with Crippen molar-refractivity contribution in [3.63, 3.8) is 0 Å². The topological polar surface area (TPSA) is 35.9 Å². The van der Waals surface area contributed by atoms with Gasteiger partial charge in [-0.25, -0.2) is 4.99 Å². The summed E-state index contributed by atoms with van der Waals surface area (Å²) in [5.74, 6) is 0.671. The number of anilines is 1. The number of amides is 1. The molecule has 0 aliphatic carbocycles. The van der Waals surface area contributed by atoms with Crippen molar-refractivity contribution < 1.29 is 4.79 Å². The van der Waals surface area contributed by atoms with Crippen molar-refractivity contribution in [2.45, 2.75) is 19.3 Å². The number of likely N-dealkylation sites (tertiary alicyclic amines) is 1. The molecule has 0 bridgehead atoms. The number of carbonyl (C=O) groups is 1. The summed E-state index contributed by atoms with van der Waals surface area (Å²) in [6, 6.07) is 25.9. The molecule has 0 saturated carbocycles. The first-order valence-corrected chi connectivity index (χ1v) is 11.6. The van der Waals surface area contributed by atoms with Crippen LogP contribution in [0.3, 0.4) is 0 Å². The SMILES string of the molecule is O=C1C(=Nc2ccc(Cl)cc2)c2ccccc2N1CN1CCC(Cc2ccccc2)CC1. The van der Waals surface area contributed by atoms with Crippen LogP contribution < -0.4 is 4.90 Å². The fourth-order valence-electron chi connectivity index (χ4n) is 4.63. The Morgan fingerprint density at radius 1 is 0.875 bits per heavy atom. The van der Waals surface area contributed by atoms with Crippen LogP contribution >= 0.6 is 11.6 Å². The van der Waals surface area contributed by atoms with Gasteiger partial charge in [0.1, 0.15) is 5.71 Å². The highest BCUT2D eigenvalue weighted by atomic mass is 35.5. The summed E-state index contributed by atoms with van der Waals surface area (Å²) in [7, 11) is 0. The first-order chi connectivity index (χ1) is 15.7. The van der Waals surface area contributed by atoms with Crippen LogP contribution in [0.1, 0.15) is 24.0 Å².